The van der Waals surface area contributed by atoms with Crippen LogP contribution in [0.1, 0.15) is 39.5 Å². The average Bonchev–Trinajstić information content (AvgIpc) is 2.28. The van der Waals surface area contributed by atoms with Crippen molar-refractivity contribution in [1.29, 1.82) is 0 Å². The van der Waals surface area contributed by atoms with Crippen LogP contribution in [-0.4, -0.2) is 45.9 Å². The minimum atomic E-state index is -1.27. The molecule has 0 rings (SSSR count). The number of carboxylic acids is 2. The van der Waals surface area contributed by atoms with Crippen molar-refractivity contribution in [3.05, 3.63) is 0 Å². The molecule has 0 spiro atoms. The van der Waals surface area contributed by atoms with Crippen molar-refractivity contribution in [2.45, 2.75) is 51.7 Å². The van der Waals surface area contributed by atoms with Crippen molar-refractivity contribution in [2.75, 3.05) is 0 Å². The van der Waals surface area contributed by atoms with Crippen LogP contribution in [-0.2, 0) is 23.9 Å². The Hall–Kier alpha value is -1.76. The SMILES string of the molecule is CCC(OC(CC)C(=O)CC(=O)O)C(=O)CC(=O)O. The number of carbonyl (C=O) groups is 4. The Morgan fingerprint density at radius 2 is 1.16 bits per heavy atom. The topological polar surface area (TPSA) is 118 Å². The molecule has 0 aromatic heterocycles. The zero-order chi connectivity index (χ0) is 15.0. The van der Waals surface area contributed by atoms with Crippen molar-refractivity contribution in [1.82, 2.24) is 0 Å². The quantitative estimate of drug-likeness (QED) is 0.561. The molecule has 2 unspecified atom stereocenters. The number of carboxylic acid groups (broad SMARTS) is 2. The van der Waals surface area contributed by atoms with E-state index in [2.05, 4.69) is 0 Å². The number of hydrogen-bond acceptors (Lipinski definition) is 5. The van der Waals surface area contributed by atoms with E-state index in [1.54, 1.807) is 13.8 Å². The third-order valence-corrected chi connectivity index (χ3v) is 2.44. The molecule has 2 N–H and O–H groups in total. The lowest BCUT2D eigenvalue weighted by Gasteiger charge is -2.20. The van der Waals surface area contributed by atoms with E-state index < -0.39 is 48.6 Å². The molecule has 0 heterocycles. The summed E-state index contributed by atoms with van der Waals surface area (Å²) >= 11 is 0. The van der Waals surface area contributed by atoms with Gasteiger partial charge in [-0.25, -0.2) is 0 Å². The predicted octanol–water partition coefficient (Wildman–Crippen LogP) is 0.648. The highest BCUT2D eigenvalue weighted by Crippen LogP contribution is 2.11. The molecule has 0 amide bonds. The molecule has 0 radical (unpaired) electrons. The van der Waals surface area contributed by atoms with E-state index in [0.717, 1.165) is 0 Å². The molecule has 0 bridgehead atoms. The summed E-state index contributed by atoms with van der Waals surface area (Å²) in [7, 11) is 0. The van der Waals surface area contributed by atoms with E-state index in [-0.39, 0.29) is 12.8 Å². The van der Waals surface area contributed by atoms with Gasteiger partial charge in [0.25, 0.3) is 0 Å². The van der Waals surface area contributed by atoms with Gasteiger partial charge in [0.05, 0.1) is 0 Å². The van der Waals surface area contributed by atoms with Crippen molar-refractivity contribution in [3.8, 4) is 0 Å². The number of carbonyl (C=O) groups excluding carboxylic acids is 2. The van der Waals surface area contributed by atoms with Crippen LogP contribution in [0.15, 0.2) is 0 Å². The van der Waals surface area contributed by atoms with E-state index in [1.807, 2.05) is 0 Å². The standard InChI is InChI=1S/C12H18O7/c1-3-9(7(13)5-11(15)16)19-10(4-2)8(14)6-12(17)18/h9-10H,3-6H2,1-2H3,(H,15,16)(H,17,18). The lowest BCUT2D eigenvalue weighted by Crippen LogP contribution is -2.35. The van der Waals surface area contributed by atoms with Crippen LogP contribution in [0.3, 0.4) is 0 Å². The number of ether oxygens (including phenoxy) is 1. The van der Waals surface area contributed by atoms with Crippen LogP contribution in [0.4, 0.5) is 0 Å². The number of rotatable bonds is 10. The summed E-state index contributed by atoms with van der Waals surface area (Å²) in [6.45, 7) is 3.25. The van der Waals surface area contributed by atoms with Gasteiger partial charge in [0.1, 0.15) is 25.0 Å². The Labute approximate surface area is 110 Å². The zero-order valence-corrected chi connectivity index (χ0v) is 10.9. The summed E-state index contributed by atoms with van der Waals surface area (Å²) in [6, 6.07) is 0. The van der Waals surface area contributed by atoms with Gasteiger partial charge in [-0.3, -0.25) is 19.2 Å². The Bertz CT molecular complexity index is 327. The number of hydrogen-bond donors (Lipinski definition) is 2. The number of ketones is 2. The van der Waals surface area contributed by atoms with Gasteiger partial charge in [-0.05, 0) is 12.8 Å². The van der Waals surface area contributed by atoms with Crippen LogP contribution < -0.4 is 0 Å². The van der Waals surface area contributed by atoms with E-state index >= 15 is 0 Å². The lowest BCUT2D eigenvalue weighted by atomic mass is 10.1. The fraction of sp³-hybridized carbons (Fsp3) is 0.667. The molecule has 0 aromatic carbocycles. The zero-order valence-electron chi connectivity index (χ0n) is 10.9. The Balaban J connectivity index is 4.63. The number of aliphatic carboxylic acids is 2. The molecular formula is C12H18O7. The van der Waals surface area contributed by atoms with Gasteiger partial charge in [0, 0.05) is 0 Å². The maximum Gasteiger partial charge on any atom is 0.310 e. The summed E-state index contributed by atoms with van der Waals surface area (Å²) in [5.41, 5.74) is 0. The third-order valence-electron chi connectivity index (χ3n) is 2.44. The Morgan fingerprint density at radius 3 is 1.37 bits per heavy atom. The summed E-state index contributed by atoms with van der Waals surface area (Å²) in [5.74, 6) is -3.79. The highest BCUT2D eigenvalue weighted by molar-refractivity contribution is 5.99. The highest BCUT2D eigenvalue weighted by atomic mass is 16.5. The first-order valence-corrected chi connectivity index (χ1v) is 5.96. The third kappa shape index (κ3) is 6.66. The first-order chi connectivity index (χ1) is 8.81. The van der Waals surface area contributed by atoms with Crippen LogP contribution in [0, 0.1) is 0 Å². The first kappa shape index (κ1) is 17.2. The molecule has 0 aliphatic heterocycles. The maximum atomic E-state index is 11.5. The lowest BCUT2D eigenvalue weighted by molar-refractivity contribution is -0.150. The molecule has 7 nitrogen and oxygen atoms in total. The van der Waals surface area contributed by atoms with Crippen LogP contribution in [0.25, 0.3) is 0 Å². The highest BCUT2D eigenvalue weighted by Gasteiger charge is 2.27. The predicted molar refractivity (Wildman–Crippen MR) is 63.8 cm³/mol. The van der Waals surface area contributed by atoms with E-state index in [0.29, 0.717) is 0 Å². The molecule has 0 aromatic rings. The molecule has 0 fully saturated rings. The average molecular weight is 274 g/mol. The largest absolute Gasteiger partial charge is 0.481 e. The van der Waals surface area contributed by atoms with Gasteiger partial charge < -0.3 is 14.9 Å². The molecule has 0 saturated heterocycles. The molecular weight excluding hydrogens is 256 g/mol. The summed E-state index contributed by atoms with van der Waals surface area (Å²) in [6.07, 6.45) is -2.91. The van der Waals surface area contributed by atoms with Crippen molar-refractivity contribution in [2.24, 2.45) is 0 Å². The summed E-state index contributed by atoms with van der Waals surface area (Å²) in [5, 5.41) is 17.1. The molecule has 0 aliphatic rings. The van der Waals surface area contributed by atoms with Crippen LogP contribution in [0.5, 0.6) is 0 Å². The summed E-state index contributed by atoms with van der Waals surface area (Å²) in [4.78, 5) is 44.0. The van der Waals surface area contributed by atoms with Gasteiger partial charge in [0.2, 0.25) is 0 Å². The second kappa shape index (κ2) is 8.36. The Kier molecular flexibility index (Phi) is 7.59. The Morgan fingerprint density at radius 1 is 0.842 bits per heavy atom. The van der Waals surface area contributed by atoms with Crippen molar-refractivity contribution < 1.29 is 34.1 Å². The van der Waals surface area contributed by atoms with Gasteiger partial charge in [-0.1, -0.05) is 13.8 Å². The van der Waals surface area contributed by atoms with Crippen LogP contribution in [0.2, 0.25) is 0 Å². The van der Waals surface area contributed by atoms with E-state index in [9.17, 15) is 19.2 Å². The van der Waals surface area contributed by atoms with E-state index in [1.165, 1.54) is 0 Å². The minimum Gasteiger partial charge on any atom is -0.481 e. The van der Waals surface area contributed by atoms with Gasteiger partial charge >= 0.3 is 11.9 Å². The molecule has 108 valence electrons. The maximum absolute atomic E-state index is 11.5. The van der Waals surface area contributed by atoms with Crippen molar-refractivity contribution in [3.63, 3.8) is 0 Å². The summed E-state index contributed by atoms with van der Waals surface area (Å²) < 4.78 is 5.25. The monoisotopic (exact) mass is 274 g/mol. The van der Waals surface area contributed by atoms with Gasteiger partial charge in [-0.15, -0.1) is 0 Å². The molecule has 0 aliphatic carbocycles. The first-order valence-electron chi connectivity index (χ1n) is 5.96. The van der Waals surface area contributed by atoms with Gasteiger partial charge in [-0.2, -0.15) is 0 Å². The van der Waals surface area contributed by atoms with Crippen molar-refractivity contribution >= 4 is 23.5 Å². The molecule has 2 atom stereocenters. The fourth-order valence-electron chi connectivity index (χ4n) is 1.52. The second-order valence-electron chi connectivity index (χ2n) is 4.00. The number of Topliss-reactive ketones (excluding diaryl/α,β-unsaturated/α-hetero) is 2. The second-order valence-corrected chi connectivity index (χ2v) is 4.00. The molecule has 19 heavy (non-hydrogen) atoms. The van der Waals surface area contributed by atoms with Crippen LogP contribution >= 0.6 is 0 Å². The smallest absolute Gasteiger partial charge is 0.310 e. The molecule has 0 saturated carbocycles. The fourth-order valence-corrected chi connectivity index (χ4v) is 1.52. The minimum absolute atomic E-state index is 0.225. The molecule has 7 heteroatoms. The normalized spacial score (nSPS) is 13.6. The van der Waals surface area contributed by atoms with Gasteiger partial charge in [0.15, 0.2) is 11.6 Å². The van der Waals surface area contributed by atoms with E-state index in [4.69, 9.17) is 14.9 Å².